The number of carbonyl (C=O) groups excluding carboxylic acids is 1. The average Bonchev–Trinajstić information content (AvgIpc) is 2.90. The molecule has 2 unspecified atom stereocenters. The lowest BCUT2D eigenvalue weighted by Gasteiger charge is -2.41. The highest BCUT2D eigenvalue weighted by Gasteiger charge is 2.55. The van der Waals surface area contributed by atoms with E-state index in [9.17, 15) is 14.7 Å². The first-order valence-corrected chi connectivity index (χ1v) is 8.08. The van der Waals surface area contributed by atoms with E-state index in [1.807, 2.05) is 30.3 Å². The summed E-state index contributed by atoms with van der Waals surface area (Å²) in [7, 11) is 0. The molecule has 23 heavy (non-hydrogen) atoms. The predicted octanol–water partition coefficient (Wildman–Crippen LogP) is 2.30. The summed E-state index contributed by atoms with van der Waals surface area (Å²) in [5, 5.41) is 9.59. The number of thioether (sulfide) groups is 1. The quantitative estimate of drug-likeness (QED) is 0.649. The minimum atomic E-state index is -1.22. The molecule has 6 nitrogen and oxygen atoms in total. The minimum Gasteiger partial charge on any atom is -0.487 e. The van der Waals surface area contributed by atoms with Crippen LogP contribution < -0.4 is 4.74 Å². The fourth-order valence-electron chi connectivity index (χ4n) is 2.40. The molecule has 2 atom stereocenters. The van der Waals surface area contributed by atoms with Gasteiger partial charge in [0.15, 0.2) is 6.04 Å². The lowest BCUT2D eigenvalue weighted by Crippen LogP contribution is -2.61. The van der Waals surface area contributed by atoms with Crippen LogP contribution in [-0.4, -0.2) is 44.9 Å². The Morgan fingerprint density at radius 1 is 1.43 bits per heavy atom. The molecule has 0 spiro atoms. The third-order valence-corrected chi connectivity index (χ3v) is 4.81. The Hall–Kier alpha value is -1.99. The summed E-state index contributed by atoms with van der Waals surface area (Å²) in [6.07, 6.45) is 0. The maximum Gasteiger partial charge on any atom is 0.353 e. The van der Waals surface area contributed by atoms with Crippen molar-refractivity contribution in [3.63, 3.8) is 0 Å². The Kier molecular flexibility index (Phi) is 4.32. The van der Waals surface area contributed by atoms with E-state index in [1.165, 1.54) is 23.6 Å². The summed E-state index contributed by atoms with van der Waals surface area (Å²) in [5.74, 6) is -0.866. The van der Waals surface area contributed by atoms with Gasteiger partial charge in [-0.3, -0.25) is 14.7 Å². The maximum atomic E-state index is 12.1. The highest BCUT2D eigenvalue weighted by molar-refractivity contribution is 8.15. The van der Waals surface area contributed by atoms with Crippen LogP contribution in [0.3, 0.4) is 0 Å². The van der Waals surface area contributed by atoms with E-state index in [1.54, 1.807) is 0 Å². The van der Waals surface area contributed by atoms with Crippen molar-refractivity contribution < 1.29 is 19.4 Å². The number of rotatable bonds is 5. The third-order valence-electron chi connectivity index (χ3n) is 3.43. The number of nitrogens with zero attached hydrogens (tertiary/aromatic N) is 2. The molecule has 3 rings (SSSR count). The van der Waals surface area contributed by atoms with Gasteiger partial charge < -0.3 is 9.84 Å². The second kappa shape index (κ2) is 6.25. The summed E-state index contributed by atoms with van der Waals surface area (Å²) < 4.78 is 5.60. The molecular formula is C15H13ClN2O4S. The standard InChI is InChI=1S/C15H13ClN2O4S/c1-8(16)12(15(20)21)18-13(19)11-14(18)23-10(17-11)7-22-9-5-3-2-4-6-9/h2-6,11,14H,7H2,1H3,(H,20,21). The first kappa shape index (κ1) is 15.9. The van der Waals surface area contributed by atoms with E-state index >= 15 is 0 Å². The molecule has 1 fully saturated rings. The van der Waals surface area contributed by atoms with Crippen LogP contribution in [0.4, 0.5) is 0 Å². The Morgan fingerprint density at radius 3 is 2.74 bits per heavy atom. The highest BCUT2D eigenvalue weighted by Crippen LogP contribution is 2.42. The molecule has 1 saturated heterocycles. The van der Waals surface area contributed by atoms with Crippen LogP contribution in [0.25, 0.3) is 0 Å². The monoisotopic (exact) mass is 352 g/mol. The van der Waals surface area contributed by atoms with Crippen molar-refractivity contribution in [2.45, 2.75) is 18.3 Å². The zero-order chi connectivity index (χ0) is 16.6. The van der Waals surface area contributed by atoms with E-state index < -0.39 is 12.0 Å². The molecular weight excluding hydrogens is 340 g/mol. The lowest BCUT2D eigenvalue weighted by atomic mass is 10.1. The Morgan fingerprint density at radius 2 is 2.13 bits per heavy atom. The Bertz CT molecular complexity index is 715. The first-order valence-electron chi connectivity index (χ1n) is 6.83. The van der Waals surface area contributed by atoms with Crippen LogP contribution in [-0.2, 0) is 9.59 Å². The number of halogens is 1. The van der Waals surface area contributed by atoms with Gasteiger partial charge in [-0.05, 0) is 19.1 Å². The van der Waals surface area contributed by atoms with Gasteiger partial charge in [-0.1, -0.05) is 41.6 Å². The molecule has 0 saturated carbocycles. The van der Waals surface area contributed by atoms with Gasteiger partial charge in [0, 0.05) is 5.03 Å². The molecule has 1 amide bonds. The Balaban J connectivity index is 1.67. The molecule has 0 aromatic heterocycles. The number of fused-ring (bicyclic) bond motifs is 1. The predicted molar refractivity (Wildman–Crippen MR) is 87.6 cm³/mol. The fourth-order valence-corrected chi connectivity index (χ4v) is 3.77. The van der Waals surface area contributed by atoms with E-state index in [4.69, 9.17) is 16.3 Å². The second-order valence-corrected chi connectivity index (χ2v) is 6.73. The van der Waals surface area contributed by atoms with Gasteiger partial charge in [0.05, 0.1) is 0 Å². The van der Waals surface area contributed by atoms with Crippen molar-refractivity contribution in [2.24, 2.45) is 4.99 Å². The smallest absolute Gasteiger partial charge is 0.353 e. The molecule has 1 aromatic carbocycles. The van der Waals surface area contributed by atoms with Crippen molar-refractivity contribution in [1.29, 1.82) is 0 Å². The van der Waals surface area contributed by atoms with Crippen LogP contribution in [0.15, 0.2) is 46.1 Å². The molecule has 8 heteroatoms. The van der Waals surface area contributed by atoms with Crippen LogP contribution in [0.1, 0.15) is 6.92 Å². The van der Waals surface area contributed by atoms with Crippen LogP contribution >= 0.6 is 23.4 Å². The number of aliphatic imine (C=N–C) groups is 1. The number of aliphatic carboxylic acids is 1. The number of hydrogen-bond donors (Lipinski definition) is 1. The van der Waals surface area contributed by atoms with E-state index in [0.717, 1.165) is 0 Å². The van der Waals surface area contributed by atoms with E-state index in [2.05, 4.69) is 4.99 Å². The van der Waals surface area contributed by atoms with Gasteiger partial charge in [0.25, 0.3) is 5.91 Å². The summed E-state index contributed by atoms with van der Waals surface area (Å²) in [6.45, 7) is 1.69. The topological polar surface area (TPSA) is 79.2 Å². The van der Waals surface area contributed by atoms with E-state index in [0.29, 0.717) is 10.8 Å². The van der Waals surface area contributed by atoms with Gasteiger partial charge in [0.1, 0.15) is 28.5 Å². The lowest BCUT2D eigenvalue weighted by molar-refractivity contribution is -0.147. The maximum absolute atomic E-state index is 12.1. The van der Waals surface area contributed by atoms with Crippen molar-refractivity contribution >= 4 is 40.3 Å². The van der Waals surface area contributed by atoms with Gasteiger partial charge >= 0.3 is 5.97 Å². The number of benzene rings is 1. The normalized spacial score (nSPS) is 23.7. The van der Waals surface area contributed by atoms with Crippen molar-refractivity contribution in [3.8, 4) is 5.75 Å². The Labute approximate surface area is 141 Å². The largest absolute Gasteiger partial charge is 0.487 e. The number of likely N-dealkylation sites (tertiary alicyclic amines) is 1. The number of allylic oxidation sites excluding steroid dienone is 1. The molecule has 1 N–H and O–H groups in total. The van der Waals surface area contributed by atoms with Crippen LogP contribution in [0.5, 0.6) is 5.75 Å². The summed E-state index contributed by atoms with van der Waals surface area (Å²) in [5.41, 5.74) is -0.189. The van der Waals surface area contributed by atoms with Crippen LogP contribution in [0, 0.1) is 0 Å². The summed E-state index contributed by atoms with van der Waals surface area (Å²) in [6, 6.07) is 8.71. The number of para-hydroxylation sites is 1. The number of β-lactam (4-membered cyclic amide) rings is 1. The molecule has 2 aliphatic heterocycles. The van der Waals surface area contributed by atoms with Gasteiger partial charge in [-0.25, -0.2) is 4.79 Å². The first-order chi connectivity index (χ1) is 11.0. The van der Waals surface area contributed by atoms with Gasteiger partial charge in [0.2, 0.25) is 0 Å². The van der Waals surface area contributed by atoms with Crippen molar-refractivity contribution in [2.75, 3.05) is 6.61 Å². The number of amides is 1. The van der Waals surface area contributed by atoms with Crippen molar-refractivity contribution in [1.82, 2.24) is 4.90 Å². The number of carbonyl (C=O) groups is 2. The molecule has 0 aliphatic carbocycles. The molecule has 120 valence electrons. The zero-order valence-corrected chi connectivity index (χ0v) is 13.7. The average molecular weight is 353 g/mol. The van der Waals surface area contributed by atoms with Crippen molar-refractivity contribution in [3.05, 3.63) is 41.1 Å². The third kappa shape index (κ3) is 2.94. The molecule has 1 aromatic rings. The number of ether oxygens (including phenoxy) is 1. The highest BCUT2D eigenvalue weighted by atomic mass is 35.5. The second-order valence-electron chi connectivity index (χ2n) is 4.97. The summed E-state index contributed by atoms with van der Waals surface area (Å²) >= 11 is 7.14. The molecule has 0 radical (unpaired) electrons. The van der Waals surface area contributed by atoms with Gasteiger partial charge in [-0.2, -0.15) is 0 Å². The number of hydrogen-bond acceptors (Lipinski definition) is 5. The minimum absolute atomic E-state index is 0.0684. The molecule has 2 aliphatic rings. The SMILES string of the molecule is CC(Cl)=C(C(=O)O)N1C(=O)C2N=C(COc3ccccc3)SC21. The number of carboxylic acids is 1. The van der Waals surface area contributed by atoms with Gasteiger partial charge in [-0.15, -0.1) is 0 Å². The number of carboxylic acid groups (broad SMARTS) is 1. The summed E-state index contributed by atoms with van der Waals surface area (Å²) in [4.78, 5) is 28.9. The van der Waals surface area contributed by atoms with E-state index in [-0.39, 0.29) is 28.6 Å². The molecule has 2 heterocycles. The molecule has 0 bridgehead atoms. The fraction of sp³-hybridized carbons (Fsp3) is 0.267. The zero-order valence-electron chi connectivity index (χ0n) is 12.1. The van der Waals surface area contributed by atoms with Crippen LogP contribution in [0.2, 0.25) is 0 Å².